The predicted molar refractivity (Wildman–Crippen MR) is 156 cm³/mol. The van der Waals surface area contributed by atoms with E-state index in [1.807, 2.05) is 52.0 Å². The molecule has 216 valence electrons. The minimum absolute atomic E-state index is 0.240. The summed E-state index contributed by atoms with van der Waals surface area (Å²) in [5.41, 5.74) is 1.14. The van der Waals surface area contributed by atoms with Gasteiger partial charge in [-0.25, -0.2) is 24.4 Å². The van der Waals surface area contributed by atoms with Crippen LogP contribution in [-0.4, -0.2) is 62.2 Å². The lowest BCUT2D eigenvalue weighted by atomic mass is 9.90. The maximum atomic E-state index is 12.4. The van der Waals surface area contributed by atoms with E-state index >= 15 is 0 Å². The highest BCUT2D eigenvalue weighted by atomic mass is 35.5. The predicted octanol–water partition coefficient (Wildman–Crippen LogP) is 5.61. The van der Waals surface area contributed by atoms with Gasteiger partial charge in [0.15, 0.2) is 11.2 Å². The number of hydrogen-bond donors (Lipinski definition) is 1. The molecule has 1 aromatic carbocycles. The number of nitrogens with zero attached hydrogens (tertiary/aromatic N) is 6. The van der Waals surface area contributed by atoms with Gasteiger partial charge in [0.25, 0.3) is 5.88 Å². The zero-order valence-electron chi connectivity index (χ0n) is 23.8. The van der Waals surface area contributed by atoms with Crippen molar-refractivity contribution in [3.63, 3.8) is 0 Å². The number of carbonyl (C=O) groups excluding carboxylic acids is 1. The average Bonchev–Trinajstić information content (AvgIpc) is 3.25. The number of pyridine rings is 1. The van der Waals surface area contributed by atoms with Crippen molar-refractivity contribution in [3.05, 3.63) is 59.4 Å². The standard InChI is InChI=1S/C29H34ClN7O4/c1-28(2,3)41-27(38)34-29(4)12-15-36(16-13-29)22-17-32-23-24(33-22)37(18-19-8-10-20(39-5)11-9-19)35-26(23)40-25-21(30)7-6-14-31-25/h6-11,14,17H,12-13,15-16,18H2,1-5H3,(H,34,38). The molecule has 1 saturated heterocycles. The zero-order valence-corrected chi connectivity index (χ0v) is 24.6. The minimum atomic E-state index is -0.550. The van der Waals surface area contributed by atoms with Gasteiger partial charge in [-0.1, -0.05) is 23.7 Å². The first-order valence-electron chi connectivity index (χ1n) is 13.4. The van der Waals surface area contributed by atoms with Crippen molar-refractivity contribution >= 4 is 34.7 Å². The SMILES string of the molecule is COc1ccc(Cn2nc(Oc3ncccc3Cl)c3ncc(N4CCC(C)(NC(=O)OC(C)(C)C)CC4)nc32)cc1. The summed E-state index contributed by atoms with van der Waals surface area (Å²) in [4.78, 5) is 28.4. The molecular formula is C29H34ClN7O4. The quantitative estimate of drug-likeness (QED) is 0.298. The van der Waals surface area contributed by atoms with Crippen molar-refractivity contribution in [1.82, 2.24) is 30.0 Å². The third kappa shape index (κ3) is 6.79. The summed E-state index contributed by atoms with van der Waals surface area (Å²) in [6.45, 7) is 9.42. The highest BCUT2D eigenvalue weighted by molar-refractivity contribution is 6.31. The van der Waals surface area contributed by atoms with E-state index in [9.17, 15) is 4.79 Å². The van der Waals surface area contributed by atoms with Crippen LogP contribution in [0.1, 0.15) is 46.1 Å². The first kappa shape index (κ1) is 28.4. The van der Waals surface area contributed by atoms with Crippen LogP contribution in [0.4, 0.5) is 10.6 Å². The fourth-order valence-electron chi connectivity index (χ4n) is 4.58. The van der Waals surface area contributed by atoms with Crippen LogP contribution in [-0.2, 0) is 11.3 Å². The van der Waals surface area contributed by atoms with Crippen LogP contribution in [0, 0.1) is 0 Å². The molecule has 11 nitrogen and oxygen atoms in total. The molecule has 41 heavy (non-hydrogen) atoms. The molecule has 3 aromatic heterocycles. The van der Waals surface area contributed by atoms with E-state index in [1.165, 1.54) is 0 Å². The van der Waals surface area contributed by atoms with E-state index in [-0.39, 0.29) is 17.3 Å². The molecule has 0 radical (unpaired) electrons. The van der Waals surface area contributed by atoms with Crippen LogP contribution < -0.4 is 19.7 Å². The van der Waals surface area contributed by atoms with Crippen LogP contribution in [0.2, 0.25) is 5.02 Å². The molecule has 1 aliphatic rings. The Morgan fingerprint density at radius 1 is 1.10 bits per heavy atom. The molecule has 1 aliphatic heterocycles. The van der Waals surface area contributed by atoms with E-state index < -0.39 is 11.7 Å². The second-order valence-corrected chi connectivity index (χ2v) is 11.7. The van der Waals surface area contributed by atoms with Gasteiger partial charge in [0.2, 0.25) is 5.88 Å². The van der Waals surface area contributed by atoms with E-state index in [4.69, 9.17) is 40.9 Å². The number of ether oxygens (including phenoxy) is 3. The number of anilines is 1. The number of fused-ring (bicyclic) bond motifs is 1. The van der Waals surface area contributed by atoms with Gasteiger partial charge in [-0.05, 0) is 70.4 Å². The lowest BCUT2D eigenvalue weighted by molar-refractivity contribution is 0.0448. The van der Waals surface area contributed by atoms with E-state index in [0.717, 1.165) is 30.0 Å². The van der Waals surface area contributed by atoms with Gasteiger partial charge in [-0.3, -0.25) is 0 Å². The van der Waals surface area contributed by atoms with E-state index in [2.05, 4.69) is 15.2 Å². The van der Waals surface area contributed by atoms with Gasteiger partial charge in [0, 0.05) is 24.8 Å². The summed E-state index contributed by atoms with van der Waals surface area (Å²) in [6.07, 6.45) is 4.37. The Kier molecular flexibility index (Phi) is 7.90. The van der Waals surface area contributed by atoms with Crippen molar-refractivity contribution in [3.8, 4) is 17.5 Å². The number of benzene rings is 1. The van der Waals surface area contributed by atoms with Gasteiger partial charge in [0.1, 0.15) is 22.2 Å². The summed E-state index contributed by atoms with van der Waals surface area (Å²) in [6, 6.07) is 11.2. The molecule has 0 saturated carbocycles. The molecule has 0 aliphatic carbocycles. The molecule has 1 fully saturated rings. The van der Waals surface area contributed by atoms with Gasteiger partial charge in [-0.15, -0.1) is 5.10 Å². The van der Waals surface area contributed by atoms with Gasteiger partial charge >= 0.3 is 6.09 Å². The lowest BCUT2D eigenvalue weighted by Gasteiger charge is -2.40. The number of carbonyl (C=O) groups is 1. The Morgan fingerprint density at radius 3 is 2.49 bits per heavy atom. The van der Waals surface area contributed by atoms with Crippen LogP contribution in [0.5, 0.6) is 17.5 Å². The van der Waals surface area contributed by atoms with Gasteiger partial charge in [0.05, 0.1) is 19.9 Å². The van der Waals surface area contributed by atoms with Crippen LogP contribution >= 0.6 is 11.6 Å². The normalized spacial score (nSPS) is 15.0. The fraction of sp³-hybridized carbons (Fsp3) is 0.414. The Bertz CT molecular complexity index is 1530. The smallest absolute Gasteiger partial charge is 0.408 e. The molecule has 5 rings (SSSR count). The number of rotatable bonds is 7. The highest BCUT2D eigenvalue weighted by Gasteiger charge is 2.34. The maximum Gasteiger partial charge on any atom is 0.408 e. The molecule has 12 heteroatoms. The Morgan fingerprint density at radius 2 is 1.83 bits per heavy atom. The Balaban J connectivity index is 1.40. The summed E-state index contributed by atoms with van der Waals surface area (Å²) < 4.78 is 18.5. The molecule has 1 amide bonds. The zero-order chi connectivity index (χ0) is 29.2. The number of nitrogens with one attached hydrogen (secondary N) is 1. The number of hydrogen-bond acceptors (Lipinski definition) is 9. The van der Waals surface area contributed by atoms with Crippen molar-refractivity contribution in [1.29, 1.82) is 0 Å². The molecular weight excluding hydrogens is 546 g/mol. The van der Waals surface area contributed by atoms with Crippen LogP contribution in [0.15, 0.2) is 48.8 Å². The third-order valence-electron chi connectivity index (χ3n) is 6.80. The number of piperidine rings is 1. The maximum absolute atomic E-state index is 12.4. The minimum Gasteiger partial charge on any atom is -0.497 e. The van der Waals surface area contributed by atoms with Crippen molar-refractivity contribution in [2.75, 3.05) is 25.1 Å². The molecule has 0 bridgehead atoms. The second-order valence-electron chi connectivity index (χ2n) is 11.3. The summed E-state index contributed by atoms with van der Waals surface area (Å²) in [7, 11) is 1.64. The highest BCUT2D eigenvalue weighted by Crippen LogP contribution is 2.32. The van der Waals surface area contributed by atoms with E-state index in [0.29, 0.717) is 35.8 Å². The topological polar surface area (TPSA) is 117 Å². The summed E-state index contributed by atoms with van der Waals surface area (Å²) in [5, 5.41) is 8.11. The number of aromatic nitrogens is 5. The number of alkyl carbamates (subject to hydrolysis) is 1. The van der Waals surface area contributed by atoms with Crippen molar-refractivity contribution in [2.24, 2.45) is 0 Å². The first-order chi connectivity index (χ1) is 19.5. The summed E-state index contributed by atoms with van der Waals surface area (Å²) in [5.74, 6) is 1.99. The third-order valence-corrected chi connectivity index (χ3v) is 7.09. The second kappa shape index (κ2) is 11.4. The molecule has 4 aromatic rings. The molecule has 0 spiro atoms. The lowest BCUT2D eigenvalue weighted by Crippen LogP contribution is -2.54. The van der Waals surface area contributed by atoms with E-state index in [1.54, 1.807) is 36.3 Å². The van der Waals surface area contributed by atoms with Crippen molar-refractivity contribution < 1.29 is 19.0 Å². The molecule has 4 heterocycles. The molecule has 1 N–H and O–H groups in total. The summed E-state index contributed by atoms with van der Waals surface area (Å²) >= 11 is 6.29. The monoisotopic (exact) mass is 579 g/mol. The fourth-order valence-corrected chi connectivity index (χ4v) is 4.74. The van der Waals surface area contributed by atoms with Gasteiger partial charge < -0.3 is 24.4 Å². The van der Waals surface area contributed by atoms with Gasteiger partial charge in [-0.2, -0.15) is 0 Å². The first-order valence-corrected chi connectivity index (χ1v) is 13.8. The number of amides is 1. The van der Waals surface area contributed by atoms with Crippen molar-refractivity contribution in [2.45, 2.75) is 58.2 Å². The molecule has 0 unspecified atom stereocenters. The average molecular weight is 580 g/mol. The largest absolute Gasteiger partial charge is 0.497 e. The van der Waals surface area contributed by atoms with Crippen LogP contribution in [0.25, 0.3) is 11.2 Å². The molecule has 0 atom stereocenters. The van der Waals surface area contributed by atoms with Crippen LogP contribution in [0.3, 0.4) is 0 Å². The number of methoxy groups -OCH3 is 1. The Labute approximate surface area is 243 Å². The Hall–Kier alpha value is -4.12. The number of halogens is 1.